The summed E-state index contributed by atoms with van der Waals surface area (Å²) in [6.07, 6.45) is 0.749. The zero-order chi connectivity index (χ0) is 10.4. The van der Waals surface area contributed by atoms with Crippen molar-refractivity contribution in [2.45, 2.75) is 6.42 Å². The van der Waals surface area contributed by atoms with Gasteiger partial charge in [-0.05, 0) is 12.1 Å². The predicted octanol–water partition coefficient (Wildman–Crippen LogP) is 1.02. The first-order chi connectivity index (χ1) is 6.77. The van der Waals surface area contributed by atoms with Crippen LogP contribution in [0.3, 0.4) is 0 Å². The summed E-state index contributed by atoms with van der Waals surface area (Å²) in [5.41, 5.74) is 2.07. The van der Waals surface area contributed by atoms with Crippen LogP contribution >= 0.6 is 24.0 Å². The number of carbonyl (C=O) groups excluding carboxylic acids is 1. The van der Waals surface area contributed by atoms with Crippen molar-refractivity contribution in [3.8, 4) is 11.8 Å². The molecule has 0 aliphatic heterocycles. The van der Waals surface area contributed by atoms with E-state index in [1.54, 1.807) is 12.1 Å². The smallest absolute Gasteiger partial charge is 0.275 e. The third-order valence-electron chi connectivity index (χ3n) is 1.41. The van der Waals surface area contributed by atoms with Gasteiger partial charge in [0.15, 0.2) is 0 Å². The predicted molar refractivity (Wildman–Crippen MR) is 61.3 cm³/mol. The topological polar surface area (TPSA) is 55.1 Å². The molecule has 0 saturated carbocycles. The average molecular weight is 226 g/mol. The number of carbonyl (C=O) groups is 1. The van der Waals surface area contributed by atoms with E-state index in [0.717, 1.165) is 17.1 Å². The molecule has 14 heavy (non-hydrogen) atoms. The summed E-state index contributed by atoms with van der Waals surface area (Å²) in [5.74, 6) is 11.3. The molecule has 1 rings (SSSR count). The van der Waals surface area contributed by atoms with Gasteiger partial charge in [0.05, 0.1) is 9.75 Å². The molecule has 1 aromatic rings. The van der Waals surface area contributed by atoms with Crippen molar-refractivity contribution in [2.75, 3.05) is 5.75 Å². The van der Waals surface area contributed by atoms with Gasteiger partial charge in [0.25, 0.3) is 5.91 Å². The Kier molecular flexibility index (Phi) is 4.53. The van der Waals surface area contributed by atoms with E-state index in [-0.39, 0.29) is 5.91 Å². The van der Waals surface area contributed by atoms with Crippen LogP contribution in [0.25, 0.3) is 0 Å². The Morgan fingerprint density at radius 2 is 2.43 bits per heavy atom. The summed E-state index contributed by atoms with van der Waals surface area (Å²) in [4.78, 5) is 12.5. The maximum Gasteiger partial charge on any atom is 0.275 e. The van der Waals surface area contributed by atoms with Crippen molar-refractivity contribution in [1.29, 1.82) is 0 Å². The number of thiol groups is 1. The summed E-state index contributed by atoms with van der Waals surface area (Å²) in [5, 5.41) is 0. The van der Waals surface area contributed by atoms with E-state index in [4.69, 9.17) is 5.84 Å². The summed E-state index contributed by atoms with van der Waals surface area (Å²) >= 11 is 5.37. The number of nitrogens with one attached hydrogen (secondary N) is 1. The molecule has 1 heterocycles. The second-order valence-corrected chi connectivity index (χ2v) is 3.94. The van der Waals surface area contributed by atoms with Crippen molar-refractivity contribution < 1.29 is 4.79 Å². The Morgan fingerprint density at radius 3 is 3.07 bits per heavy atom. The first kappa shape index (κ1) is 11.1. The molecular formula is C9H10N2OS2. The third-order valence-corrected chi connectivity index (χ3v) is 2.63. The fourth-order valence-corrected chi connectivity index (χ4v) is 1.70. The van der Waals surface area contributed by atoms with Crippen LogP contribution in [0.2, 0.25) is 0 Å². The Balaban J connectivity index is 2.70. The molecule has 0 aliphatic carbocycles. The Labute approximate surface area is 92.1 Å². The van der Waals surface area contributed by atoms with E-state index in [1.165, 1.54) is 11.3 Å². The van der Waals surface area contributed by atoms with Crippen LogP contribution in [-0.2, 0) is 0 Å². The van der Waals surface area contributed by atoms with Crippen LogP contribution in [-0.4, -0.2) is 11.7 Å². The van der Waals surface area contributed by atoms with Gasteiger partial charge in [-0.2, -0.15) is 12.6 Å². The molecular weight excluding hydrogens is 216 g/mol. The second kappa shape index (κ2) is 5.70. The summed E-state index contributed by atoms with van der Waals surface area (Å²) in [6, 6.07) is 3.51. The van der Waals surface area contributed by atoms with Crippen molar-refractivity contribution in [2.24, 2.45) is 5.84 Å². The minimum atomic E-state index is -0.280. The summed E-state index contributed by atoms with van der Waals surface area (Å²) in [6.45, 7) is 0. The van der Waals surface area contributed by atoms with E-state index in [9.17, 15) is 4.79 Å². The first-order valence-corrected chi connectivity index (χ1v) is 5.43. The molecule has 0 aromatic carbocycles. The monoisotopic (exact) mass is 226 g/mol. The maximum atomic E-state index is 11.1. The lowest BCUT2D eigenvalue weighted by Crippen LogP contribution is -2.29. The fraction of sp³-hybridized carbons (Fsp3) is 0.222. The normalized spacial score (nSPS) is 9.00. The number of hydrazine groups is 1. The van der Waals surface area contributed by atoms with Crippen molar-refractivity contribution in [3.05, 3.63) is 21.9 Å². The summed E-state index contributed by atoms with van der Waals surface area (Å²) < 4.78 is 0. The van der Waals surface area contributed by atoms with Gasteiger partial charge in [-0.15, -0.1) is 11.3 Å². The molecule has 74 valence electrons. The molecule has 1 aromatic heterocycles. The van der Waals surface area contributed by atoms with Gasteiger partial charge in [-0.25, -0.2) is 5.84 Å². The molecule has 0 unspecified atom stereocenters. The van der Waals surface area contributed by atoms with Crippen molar-refractivity contribution in [1.82, 2.24) is 5.43 Å². The molecule has 3 N–H and O–H groups in total. The lowest BCUT2D eigenvalue weighted by Gasteiger charge is -1.91. The highest BCUT2D eigenvalue weighted by Gasteiger charge is 2.05. The first-order valence-electron chi connectivity index (χ1n) is 3.98. The van der Waals surface area contributed by atoms with E-state index in [1.807, 2.05) is 0 Å². The maximum absolute atomic E-state index is 11.1. The highest BCUT2D eigenvalue weighted by molar-refractivity contribution is 7.80. The quantitative estimate of drug-likeness (QED) is 0.232. The number of amides is 1. The molecule has 0 saturated heterocycles. The van der Waals surface area contributed by atoms with Gasteiger partial charge < -0.3 is 0 Å². The molecule has 0 fully saturated rings. The molecule has 0 bridgehead atoms. The van der Waals surface area contributed by atoms with Gasteiger partial charge in [-0.3, -0.25) is 10.2 Å². The van der Waals surface area contributed by atoms with Gasteiger partial charge in [0.2, 0.25) is 0 Å². The van der Waals surface area contributed by atoms with E-state index in [0.29, 0.717) is 4.88 Å². The lowest BCUT2D eigenvalue weighted by molar-refractivity contribution is 0.0957. The van der Waals surface area contributed by atoms with E-state index >= 15 is 0 Å². The highest BCUT2D eigenvalue weighted by atomic mass is 32.1. The Bertz CT molecular complexity index is 376. The standard InChI is InChI=1S/C9H10N2OS2/c10-11-9(12)8-5-4-7(14-8)3-1-2-6-13/h4-5,13H,2,6,10H2,(H,11,12). The molecule has 0 radical (unpaired) electrons. The van der Waals surface area contributed by atoms with Crippen LogP contribution in [0.5, 0.6) is 0 Å². The Hall–Kier alpha value is -0.960. The lowest BCUT2D eigenvalue weighted by atomic mass is 10.4. The molecule has 0 aliphatic rings. The van der Waals surface area contributed by atoms with E-state index < -0.39 is 0 Å². The molecule has 0 spiro atoms. The molecule has 5 heteroatoms. The minimum Gasteiger partial charge on any atom is -0.289 e. The van der Waals surface area contributed by atoms with Crippen molar-refractivity contribution in [3.63, 3.8) is 0 Å². The molecule has 1 amide bonds. The van der Waals surface area contributed by atoms with E-state index in [2.05, 4.69) is 29.9 Å². The number of thiophene rings is 1. The number of rotatable bonds is 2. The number of hydrogen-bond acceptors (Lipinski definition) is 4. The zero-order valence-corrected chi connectivity index (χ0v) is 9.12. The second-order valence-electron chi connectivity index (χ2n) is 2.41. The van der Waals surface area contributed by atoms with Crippen molar-refractivity contribution >= 4 is 29.9 Å². The number of nitrogen functional groups attached to an aromatic ring is 1. The fourth-order valence-electron chi connectivity index (χ4n) is 0.804. The largest absolute Gasteiger partial charge is 0.289 e. The van der Waals surface area contributed by atoms with Crippen LogP contribution in [0.15, 0.2) is 12.1 Å². The van der Waals surface area contributed by atoms with Gasteiger partial charge in [0, 0.05) is 12.2 Å². The third kappa shape index (κ3) is 3.07. The van der Waals surface area contributed by atoms with Crippen LogP contribution in [0.4, 0.5) is 0 Å². The van der Waals surface area contributed by atoms with Crippen LogP contribution in [0.1, 0.15) is 21.0 Å². The molecule has 3 nitrogen and oxygen atoms in total. The SMILES string of the molecule is NNC(=O)c1ccc(C#CCCS)s1. The summed E-state index contributed by atoms with van der Waals surface area (Å²) in [7, 11) is 0. The van der Waals surface area contributed by atoms with Gasteiger partial charge in [-0.1, -0.05) is 11.8 Å². The Morgan fingerprint density at radius 1 is 1.64 bits per heavy atom. The zero-order valence-electron chi connectivity index (χ0n) is 7.41. The number of nitrogens with two attached hydrogens (primary N) is 1. The minimum absolute atomic E-state index is 0.280. The van der Waals surface area contributed by atoms with Crippen LogP contribution in [0, 0.1) is 11.8 Å². The highest BCUT2D eigenvalue weighted by Crippen LogP contribution is 2.14. The average Bonchev–Trinajstić information content (AvgIpc) is 2.66. The number of hydrogen-bond donors (Lipinski definition) is 3. The van der Waals surface area contributed by atoms with Gasteiger partial charge >= 0.3 is 0 Å². The van der Waals surface area contributed by atoms with Crippen LogP contribution < -0.4 is 11.3 Å². The van der Waals surface area contributed by atoms with Gasteiger partial charge in [0.1, 0.15) is 0 Å². The molecule has 0 atom stereocenters.